The third-order valence-corrected chi connectivity index (χ3v) is 6.42. The van der Waals surface area contributed by atoms with Gasteiger partial charge in [0.2, 0.25) is 10.0 Å². The predicted octanol–water partition coefficient (Wildman–Crippen LogP) is 3.42. The summed E-state index contributed by atoms with van der Waals surface area (Å²) in [6.07, 6.45) is 1.68. The summed E-state index contributed by atoms with van der Waals surface area (Å²) < 4.78 is 47.4. The molecule has 9 heteroatoms. The van der Waals surface area contributed by atoms with Crippen molar-refractivity contribution in [2.24, 2.45) is 5.14 Å². The van der Waals surface area contributed by atoms with Gasteiger partial charge in [-0.2, -0.15) is 8.42 Å². The number of hydrogen-bond donors (Lipinski definition) is 2. The van der Waals surface area contributed by atoms with E-state index in [4.69, 9.17) is 5.14 Å². The molecule has 0 unspecified atom stereocenters. The summed E-state index contributed by atoms with van der Waals surface area (Å²) in [7, 11) is -7.10. The Morgan fingerprint density at radius 1 is 0.613 bits per heavy atom. The number of aromatic nitrogens is 1. The topological polar surface area (TPSA) is 111 Å². The average Bonchev–Trinajstić information content (AvgIpc) is 3.23. The van der Waals surface area contributed by atoms with Crippen molar-refractivity contribution < 1.29 is 16.8 Å². The molecule has 0 atom stereocenters. The second kappa shape index (κ2) is 9.61. The summed E-state index contributed by atoms with van der Waals surface area (Å²) >= 11 is 0. The molecule has 160 valence electrons. The maximum atomic E-state index is 12.4. The molecule has 0 saturated carbocycles. The average molecular weight is 456 g/mol. The van der Waals surface area contributed by atoms with E-state index in [0.29, 0.717) is 0 Å². The third-order valence-electron chi connectivity index (χ3n) is 4.16. The number of primary sulfonamides is 1. The van der Waals surface area contributed by atoms with Crippen LogP contribution in [0.5, 0.6) is 0 Å². The standard InChI is InChI=1S/C16H14N2O2S.C6H7NO2S/c19-21(20,15-10-5-2-6-11-15)17-18-13-7-12-16(18)14-8-3-1-4-9-14;7-10(8,9)6-4-2-1-3-5-6/h1-13,17H;1-5H,(H2,7,8,9). The smallest absolute Gasteiger partial charge is 0.253 e. The summed E-state index contributed by atoms with van der Waals surface area (Å²) in [5, 5.41) is 4.83. The van der Waals surface area contributed by atoms with Gasteiger partial charge in [0.25, 0.3) is 10.0 Å². The largest absolute Gasteiger partial charge is 0.275 e. The summed E-state index contributed by atoms with van der Waals surface area (Å²) in [5.74, 6) is 0. The van der Waals surface area contributed by atoms with Gasteiger partial charge in [0.1, 0.15) is 0 Å². The van der Waals surface area contributed by atoms with Crippen LogP contribution in [0.2, 0.25) is 0 Å². The fraction of sp³-hybridized carbons (Fsp3) is 0. The van der Waals surface area contributed by atoms with Crippen molar-refractivity contribution in [2.45, 2.75) is 9.79 Å². The maximum absolute atomic E-state index is 12.4. The van der Waals surface area contributed by atoms with Crippen LogP contribution in [-0.2, 0) is 20.0 Å². The summed E-state index contributed by atoms with van der Waals surface area (Å²) in [5.41, 5.74) is 1.73. The Balaban J connectivity index is 0.000000229. The molecule has 3 N–H and O–H groups in total. The number of benzene rings is 3. The third kappa shape index (κ3) is 6.05. The highest BCUT2D eigenvalue weighted by Crippen LogP contribution is 2.20. The van der Waals surface area contributed by atoms with Crippen LogP contribution in [0.3, 0.4) is 0 Å². The van der Waals surface area contributed by atoms with E-state index in [9.17, 15) is 16.8 Å². The first-order valence-corrected chi connectivity index (χ1v) is 12.2. The van der Waals surface area contributed by atoms with Crippen molar-refractivity contribution in [3.63, 3.8) is 0 Å². The maximum Gasteiger partial charge on any atom is 0.275 e. The molecule has 1 heterocycles. The lowest BCUT2D eigenvalue weighted by Crippen LogP contribution is -2.23. The van der Waals surface area contributed by atoms with Gasteiger partial charge in [-0.25, -0.2) is 18.4 Å². The Kier molecular flexibility index (Phi) is 6.91. The molecule has 0 spiro atoms. The molecular formula is C22H21N3O4S2. The zero-order chi connectivity index (χ0) is 22.3. The minimum absolute atomic E-state index is 0.148. The second-order valence-corrected chi connectivity index (χ2v) is 9.62. The molecule has 4 rings (SSSR count). The molecule has 3 aromatic carbocycles. The minimum Gasteiger partial charge on any atom is -0.253 e. The number of sulfonamides is 2. The summed E-state index contributed by atoms with van der Waals surface area (Å²) in [6, 6.07) is 29.5. The zero-order valence-electron chi connectivity index (χ0n) is 16.4. The fourth-order valence-electron chi connectivity index (χ4n) is 2.70. The van der Waals surface area contributed by atoms with E-state index in [1.807, 2.05) is 36.4 Å². The molecule has 0 aliphatic carbocycles. The predicted molar refractivity (Wildman–Crippen MR) is 121 cm³/mol. The van der Waals surface area contributed by atoms with Crippen LogP contribution in [0.4, 0.5) is 0 Å². The van der Waals surface area contributed by atoms with Crippen LogP contribution >= 0.6 is 0 Å². The summed E-state index contributed by atoms with van der Waals surface area (Å²) in [4.78, 5) is 2.95. The van der Waals surface area contributed by atoms with Gasteiger partial charge in [-0.3, -0.25) is 4.68 Å². The van der Waals surface area contributed by atoms with Crippen molar-refractivity contribution in [1.29, 1.82) is 0 Å². The number of nitrogens with two attached hydrogens (primary N) is 1. The molecule has 0 saturated heterocycles. The van der Waals surface area contributed by atoms with E-state index in [2.05, 4.69) is 4.83 Å². The van der Waals surface area contributed by atoms with E-state index >= 15 is 0 Å². The molecule has 0 bridgehead atoms. The fourth-order valence-corrected chi connectivity index (χ4v) is 4.27. The van der Waals surface area contributed by atoms with E-state index in [1.54, 1.807) is 60.8 Å². The molecule has 7 nitrogen and oxygen atoms in total. The molecular weight excluding hydrogens is 434 g/mol. The number of nitrogens with zero attached hydrogens (tertiary/aromatic N) is 1. The van der Waals surface area contributed by atoms with Crippen LogP contribution in [0.15, 0.2) is 119 Å². The van der Waals surface area contributed by atoms with Gasteiger partial charge in [-0.15, -0.1) is 0 Å². The van der Waals surface area contributed by atoms with Crippen molar-refractivity contribution >= 4 is 20.0 Å². The van der Waals surface area contributed by atoms with E-state index in [1.165, 1.54) is 16.8 Å². The van der Waals surface area contributed by atoms with Gasteiger partial charge >= 0.3 is 0 Å². The Bertz CT molecular complexity index is 1320. The highest BCUT2D eigenvalue weighted by atomic mass is 32.2. The first kappa shape index (κ1) is 22.3. The van der Waals surface area contributed by atoms with Crippen molar-refractivity contribution in [1.82, 2.24) is 4.68 Å². The second-order valence-electron chi connectivity index (χ2n) is 6.40. The van der Waals surface area contributed by atoms with Crippen LogP contribution in [-0.4, -0.2) is 21.5 Å². The lowest BCUT2D eigenvalue weighted by atomic mass is 10.2. The molecule has 1 aromatic heterocycles. The summed E-state index contributed by atoms with van der Waals surface area (Å²) in [6.45, 7) is 0. The van der Waals surface area contributed by atoms with Crippen LogP contribution < -0.4 is 9.97 Å². The minimum atomic E-state index is -3.60. The molecule has 0 amide bonds. The Morgan fingerprint density at radius 3 is 1.58 bits per heavy atom. The lowest BCUT2D eigenvalue weighted by Gasteiger charge is -2.12. The highest BCUT2D eigenvalue weighted by Gasteiger charge is 2.15. The van der Waals surface area contributed by atoms with Gasteiger partial charge in [0, 0.05) is 11.8 Å². The van der Waals surface area contributed by atoms with Crippen molar-refractivity contribution in [3.8, 4) is 11.3 Å². The first-order chi connectivity index (χ1) is 14.8. The molecule has 0 radical (unpaired) electrons. The van der Waals surface area contributed by atoms with Crippen molar-refractivity contribution in [3.05, 3.63) is 109 Å². The van der Waals surface area contributed by atoms with Crippen LogP contribution in [0.1, 0.15) is 0 Å². The van der Waals surface area contributed by atoms with Gasteiger partial charge in [-0.1, -0.05) is 66.7 Å². The number of rotatable bonds is 5. The van der Waals surface area contributed by atoms with E-state index < -0.39 is 20.0 Å². The Labute approximate surface area is 181 Å². The molecule has 31 heavy (non-hydrogen) atoms. The zero-order valence-corrected chi connectivity index (χ0v) is 18.0. The van der Waals surface area contributed by atoms with Crippen LogP contribution in [0, 0.1) is 0 Å². The Morgan fingerprint density at radius 2 is 1.10 bits per heavy atom. The Hall–Kier alpha value is -3.40. The monoisotopic (exact) mass is 455 g/mol. The van der Waals surface area contributed by atoms with Gasteiger partial charge in [0.05, 0.1) is 15.5 Å². The number of hydrogen-bond acceptors (Lipinski definition) is 4. The number of nitrogens with one attached hydrogen (secondary N) is 1. The SMILES string of the molecule is NS(=O)(=O)c1ccccc1.O=S(=O)(Nn1cccc1-c1ccccc1)c1ccccc1. The quantitative estimate of drug-likeness (QED) is 0.480. The normalized spacial score (nSPS) is 11.3. The van der Waals surface area contributed by atoms with Crippen molar-refractivity contribution in [2.75, 3.05) is 4.83 Å². The highest BCUT2D eigenvalue weighted by molar-refractivity contribution is 7.92. The molecule has 0 aliphatic rings. The van der Waals surface area contributed by atoms with Crippen LogP contribution in [0.25, 0.3) is 11.3 Å². The first-order valence-electron chi connectivity index (χ1n) is 9.16. The van der Waals surface area contributed by atoms with E-state index in [0.717, 1.165) is 11.3 Å². The van der Waals surface area contributed by atoms with Gasteiger partial charge in [-0.05, 0) is 36.4 Å². The van der Waals surface area contributed by atoms with Gasteiger partial charge in [0.15, 0.2) is 0 Å². The van der Waals surface area contributed by atoms with Gasteiger partial charge < -0.3 is 0 Å². The van der Waals surface area contributed by atoms with E-state index in [-0.39, 0.29) is 9.79 Å². The molecule has 0 aliphatic heterocycles. The molecule has 4 aromatic rings. The molecule has 0 fully saturated rings. The lowest BCUT2D eigenvalue weighted by molar-refractivity contribution is 0.594.